The molecule has 0 aliphatic carbocycles. The molecule has 0 atom stereocenters. The van der Waals surface area contributed by atoms with E-state index in [0.717, 1.165) is 30.0 Å². The molecule has 1 heterocycles. The number of hydrogen-bond acceptors (Lipinski definition) is 3. The summed E-state index contributed by atoms with van der Waals surface area (Å²) >= 11 is 1.71. The molecule has 0 aliphatic heterocycles. The maximum absolute atomic E-state index is 13.4. The summed E-state index contributed by atoms with van der Waals surface area (Å²) in [7, 11) is 0. The molecule has 0 radical (unpaired) electrons. The Kier molecular flexibility index (Phi) is 13.9. The lowest BCUT2D eigenvalue weighted by molar-refractivity contribution is -0.689. The van der Waals surface area contributed by atoms with Gasteiger partial charge in [0.2, 0.25) is 5.51 Å². The van der Waals surface area contributed by atoms with Crippen molar-refractivity contribution in [3.63, 3.8) is 0 Å². The van der Waals surface area contributed by atoms with Gasteiger partial charge in [0.1, 0.15) is 5.75 Å². The van der Waals surface area contributed by atoms with Gasteiger partial charge in [-0.2, -0.15) is 4.57 Å². The molecule has 3 rings (SSSR count). The molecule has 0 unspecified atom stereocenters. The number of hydrogen-bond donors (Lipinski definition) is 1. The van der Waals surface area contributed by atoms with E-state index in [1.54, 1.807) is 11.3 Å². The quantitative estimate of drug-likeness (QED) is 0.121. The van der Waals surface area contributed by atoms with Gasteiger partial charge in [-0.3, -0.25) is 4.79 Å². The minimum atomic E-state index is -0.128. The van der Waals surface area contributed by atoms with Gasteiger partial charge in [-0.1, -0.05) is 134 Å². The lowest BCUT2D eigenvalue weighted by Crippen LogP contribution is -2.34. The maximum atomic E-state index is 13.4. The van der Waals surface area contributed by atoms with Gasteiger partial charge >= 0.3 is 0 Å². The number of ether oxygens (including phenoxy) is 1. The lowest BCUT2D eigenvalue weighted by atomic mass is 9.85. The predicted octanol–water partition coefficient (Wildman–Crippen LogP) is 10.0. The van der Waals surface area contributed by atoms with Gasteiger partial charge in [0, 0.05) is 23.7 Å². The highest BCUT2D eigenvalue weighted by atomic mass is 32.1. The highest BCUT2D eigenvalue weighted by Gasteiger charge is 2.24. The molecule has 5 heteroatoms. The zero-order chi connectivity index (χ0) is 29.5. The van der Waals surface area contributed by atoms with E-state index in [9.17, 15) is 4.79 Å². The van der Waals surface area contributed by atoms with Gasteiger partial charge in [0.05, 0.1) is 17.6 Å². The van der Waals surface area contributed by atoms with Crippen LogP contribution in [0.2, 0.25) is 0 Å². The van der Waals surface area contributed by atoms with Crippen LogP contribution in [0.15, 0.2) is 53.4 Å². The number of carbonyl (C=O) groups excluding carboxylic acids is 1. The fourth-order valence-electron chi connectivity index (χ4n) is 5.18. The molecule has 1 aromatic heterocycles. The predicted molar refractivity (Wildman–Crippen MR) is 174 cm³/mol. The van der Waals surface area contributed by atoms with Crippen LogP contribution in [0.3, 0.4) is 0 Å². The molecule has 41 heavy (non-hydrogen) atoms. The van der Waals surface area contributed by atoms with Gasteiger partial charge in [-0.15, -0.1) is 0 Å². The van der Waals surface area contributed by atoms with E-state index in [0.29, 0.717) is 12.2 Å². The number of nitrogens with one attached hydrogen (secondary N) is 1. The molecule has 1 amide bonds. The number of thiazole rings is 1. The number of carbonyl (C=O) groups is 1. The van der Waals surface area contributed by atoms with Crippen LogP contribution in [0.5, 0.6) is 5.75 Å². The molecule has 1 N–H and O–H groups in total. The SMILES string of the molecule is CCCCCCCCCCCCCCOc1c(C(=O)Nc2ccc(C[n+]3cscc3C)cc2)cccc1C(C)(C)C. The zero-order valence-corrected chi connectivity index (χ0v) is 27.1. The number of para-hydroxylation sites is 1. The Morgan fingerprint density at radius 3 is 2.02 bits per heavy atom. The van der Waals surface area contributed by atoms with Crippen LogP contribution in [0, 0.1) is 6.92 Å². The first kappa shape index (κ1) is 32.8. The summed E-state index contributed by atoms with van der Waals surface area (Å²) in [6.07, 6.45) is 15.8. The van der Waals surface area contributed by atoms with Crippen LogP contribution in [0.25, 0.3) is 0 Å². The monoisotopic (exact) mass is 577 g/mol. The number of nitrogens with zero attached hydrogens (tertiary/aromatic N) is 1. The molecule has 0 fully saturated rings. The third kappa shape index (κ3) is 11.3. The second kappa shape index (κ2) is 17.3. The van der Waals surface area contributed by atoms with Crippen LogP contribution in [0.1, 0.15) is 132 Å². The number of aromatic nitrogens is 1. The standard InChI is InChI=1S/C36H52N2O2S/c1-6-7-8-9-10-11-12-13-14-15-16-17-25-40-34-32(19-18-20-33(34)36(3,4)5)35(39)37-31-23-21-30(22-24-31)26-38-28-41-27-29(38)2/h18-24,27-28H,6-17,25-26H2,1-5H3/p+1. The average Bonchev–Trinajstić information content (AvgIpc) is 3.35. The van der Waals surface area contributed by atoms with Crippen molar-refractivity contribution < 1.29 is 14.1 Å². The fourth-order valence-corrected chi connectivity index (χ4v) is 5.96. The van der Waals surface area contributed by atoms with Crippen molar-refractivity contribution in [3.8, 4) is 5.75 Å². The van der Waals surface area contributed by atoms with Crippen molar-refractivity contribution >= 4 is 22.9 Å². The van der Waals surface area contributed by atoms with E-state index in [1.165, 1.54) is 81.9 Å². The number of anilines is 1. The third-order valence-corrected chi connectivity index (χ3v) is 8.61. The van der Waals surface area contributed by atoms with Crippen molar-refractivity contribution in [1.29, 1.82) is 0 Å². The first-order chi connectivity index (χ1) is 19.8. The second-order valence-corrected chi connectivity index (χ2v) is 13.2. The van der Waals surface area contributed by atoms with E-state index in [-0.39, 0.29) is 11.3 Å². The Morgan fingerprint density at radius 2 is 1.46 bits per heavy atom. The molecule has 2 aromatic carbocycles. The highest BCUT2D eigenvalue weighted by Crippen LogP contribution is 2.35. The summed E-state index contributed by atoms with van der Waals surface area (Å²) in [5.41, 5.74) is 6.93. The van der Waals surface area contributed by atoms with E-state index in [1.807, 2.05) is 24.3 Å². The van der Waals surface area contributed by atoms with Crippen LogP contribution in [0.4, 0.5) is 5.69 Å². The Morgan fingerprint density at radius 1 is 0.854 bits per heavy atom. The smallest absolute Gasteiger partial charge is 0.259 e. The Balaban J connectivity index is 1.50. The normalized spacial score (nSPS) is 11.5. The fraction of sp³-hybridized carbons (Fsp3) is 0.556. The largest absolute Gasteiger partial charge is 0.492 e. The third-order valence-electron chi connectivity index (χ3n) is 7.76. The molecule has 0 bridgehead atoms. The first-order valence-electron chi connectivity index (χ1n) is 15.9. The van der Waals surface area contributed by atoms with E-state index in [4.69, 9.17) is 4.74 Å². The molecular formula is C36H53N2O2S+. The summed E-state index contributed by atoms with van der Waals surface area (Å²) in [5.74, 6) is 0.595. The molecule has 0 saturated heterocycles. The molecule has 0 aliphatic rings. The van der Waals surface area contributed by atoms with Gasteiger partial charge in [-0.25, -0.2) is 0 Å². The Labute approximate surface area is 253 Å². The van der Waals surface area contributed by atoms with Crippen LogP contribution in [-0.2, 0) is 12.0 Å². The molecular weight excluding hydrogens is 524 g/mol. The molecule has 0 spiro atoms. The molecule has 0 saturated carbocycles. The van der Waals surface area contributed by atoms with Crippen LogP contribution >= 0.6 is 11.3 Å². The van der Waals surface area contributed by atoms with E-state index >= 15 is 0 Å². The summed E-state index contributed by atoms with van der Waals surface area (Å²) in [5, 5.41) is 5.25. The summed E-state index contributed by atoms with van der Waals surface area (Å²) in [6, 6.07) is 14.1. The van der Waals surface area contributed by atoms with Crippen LogP contribution < -0.4 is 14.6 Å². The van der Waals surface area contributed by atoms with Crippen molar-refractivity contribution in [3.05, 3.63) is 75.7 Å². The number of benzene rings is 2. The number of amides is 1. The van der Waals surface area contributed by atoms with Gasteiger partial charge in [-0.05, 0) is 30.0 Å². The minimum absolute atomic E-state index is 0.124. The Bertz CT molecular complexity index is 1180. The number of rotatable bonds is 18. The maximum Gasteiger partial charge on any atom is 0.259 e. The highest BCUT2D eigenvalue weighted by molar-refractivity contribution is 7.07. The van der Waals surface area contributed by atoms with Crippen molar-refractivity contribution in [2.75, 3.05) is 11.9 Å². The Hall–Kier alpha value is -2.66. The average molecular weight is 578 g/mol. The summed E-state index contributed by atoms with van der Waals surface area (Å²) in [6.45, 7) is 12.4. The van der Waals surface area contributed by atoms with Crippen molar-refractivity contribution in [1.82, 2.24) is 0 Å². The van der Waals surface area contributed by atoms with Gasteiger partial charge in [0.15, 0.2) is 12.2 Å². The molecule has 224 valence electrons. The van der Waals surface area contributed by atoms with Crippen molar-refractivity contribution in [2.24, 2.45) is 0 Å². The summed E-state index contributed by atoms with van der Waals surface area (Å²) in [4.78, 5) is 13.4. The molecule has 4 nitrogen and oxygen atoms in total. The second-order valence-electron chi connectivity index (χ2n) is 12.4. The molecule has 3 aromatic rings. The van der Waals surface area contributed by atoms with Gasteiger partial charge in [0.25, 0.3) is 5.91 Å². The number of unbranched alkanes of at least 4 members (excludes halogenated alkanes) is 11. The topological polar surface area (TPSA) is 42.2 Å². The zero-order valence-electron chi connectivity index (χ0n) is 26.3. The lowest BCUT2D eigenvalue weighted by Gasteiger charge is -2.24. The van der Waals surface area contributed by atoms with E-state index < -0.39 is 0 Å². The minimum Gasteiger partial charge on any atom is -0.492 e. The first-order valence-corrected chi connectivity index (χ1v) is 16.8. The van der Waals surface area contributed by atoms with E-state index in [2.05, 4.69) is 73.6 Å². The van der Waals surface area contributed by atoms with Gasteiger partial charge < -0.3 is 10.1 Å². The van der Waals surface area contributed by atoms with Crippen molar-refractivity contribution in [2.45, 2.75) is 124 Å². The van der Waals surface area contributed by atoms with Crippen LogP contribution in [-0.4, -0.2) is 12.5 Å². The summed E-state index contributed by atoms with van der Waals surface area (Å²) < 4.78 is 8.60. The number of aryl methyl sites for hydroxylation is 1.